The van der Waals surface area contributed by atoms with Gasteiger partial charge in [0, 0.05) is 18.9 Å². The number of carbonyl (C=O) groups is 1. The molecular formula is C15H11F6N3OS. The fraction of sp³-hybridized carbons (Fsp3) is 0.200. The SMILES string of the molecule is Cn1cccc1C(=S)NC(=O)Nc1cc(C(F)(F)F)cc(C(F)(F)F)c1. The summed E-state index contributed by atoms with van der Waals surface area (Å²) in [6, 6.07) is 2.93. The maximum absolute atomic E-state index is 12.8. The summed E-state index contributed by atoms with van der Waals surface area (Å²) in [5.41, 5.74) is -3.30. The zero-order chi connectivity index (χ0) is 19.7. The van der Waals surface area contributed by atoms with Crippen molar-refractivity contribution >= 4 is 28.9 Å². The van der Waals surface area contributed by atoms with Crippen LogP contribution in [0.15, 0.2) is 36.5 Å². The summed E-state index contributed by atoms with van der Waals surface area (Å²) in [7, 11) is 1.64. The number of carbonyl (C=O) groups excluding carboxylic acids is 1. The minimum Gasteiger partial charge on any atom is -0.349 e. The Morgan fingerprint density at radius 3 is 2.00 bits per heavy atom. The largest absolute Gasteiger partial charge is 0.416 e. The van der Waals surface area contributed by atoms with Crippen molar-refractivity contribution in [2.75, 3.05) is 5.32 Å². The number of hydrogen-bond donors (Lipinski definition) is 2. The average Bonchev–Trinajstić information content (AvgIpc) is 2.91. The third-order valence-electron chi connectivity index (χ3n) is 3.25. The number of rotatable bonds is 2. The Morgan fingerprint density at radius 1 is 1.04 bits per heavy atom. The first kappa shape index (κ1) is 19.8. The number of hydrogen-bond acceptors (Lipinski definition) is 2. The molecule has 1 heterocycles. The van der Waals surface area contributed by atoms with Gasteiger partial charge >= 0.3 is 18.4 Å². The first-order valence-electron chi connectivity index (χ1n) is 6.91. The summed E-state index contributed by atoms with van der Waals surface area (Å²) in [4.78, 5) is 11.8. The summed E-state index contributed by atoms with van der Waals surface area (Å²) < 4.78 is 78.3. The molecule has 0 aliphatic heterocycles. The first-order valence-corrected chi connectivity index (χ1v) is 7.32. The van der Waals surface area contributed by atoms with Crippen LogP contribution in [0.1, 0.15) is 16.8 Å². The molecule has 2 aromatic rings. The van der Waals surface area contributed by atoms with Crippen molar-refractivity contribution in [2.45, 2.75) is 12.4 Å². The van der Waals surface area contributed by atoms with E-state index in [4.69, 9.17) is 12.2 Å². The van der Waals surface area contributed by atoms with Crippen LogP contribution in [-0.2, 0) is 19.4 Å². The highest BCUT2D eigenvalue weighted by atomic mass is 32.1. The van der Waals surface area contributed by atoms with Crippen LogP contribution in [0.25, 0.3) is 0 Å². The molecule has 0 aliphatic rings. The molecule has 1 aromatic heterocycles. The summed E-state index contributed by atoms with van der Waals surface area (Å²) >= 11 is 4.97. The topological polar surface area (TPSA) is 46.1 Å². The number of anilines is 1. The number of aryl methyl sites for hydroxylation is 1. The Balaban J connectivity index is 2.24. The van der Waals surface area contributed by atoms with Gasteiger partial charge in [-0.15, -0.1) is 0 Å². The molecule has 26 heavy (non-hydrogen) atoms. The Hall–Kier alpha value is -2.56. The van der Waals surface area contributed by atoms with Crippen LogP contribution < -0.4 is 10.6 Å². The van der Waals surface area contributed by atoms with E-state index in [0.717, 1.165) is 0 Å². The van der Waals surface area contributed by atoms with E-state index in [1.807, 2.05) is 5.32 Å². The monoisotopic (exact) mass is 395 g/mol. The molecule has 1 aromatic carbocycles. The van der Waals surface area contributed by atoms with E-state index >= 15 is 0 Å². The lowest BCUT2D eigenvalue weighted by Crippen LogP contribution is -2.34. The van der Waals surface area contributed by atoms with E-state index in [2.05, 4.69) is 5.32 Å². The normalized spacial score (nSPS) is 12.0. The van der Waals surface area contributed by atoms with Gasteiger partial charge in [-0.1, -0.05) is 12.2 Å². The number of aromatic nitrogens is 1. The van der Waals surface area contributed by atoms with E-state index in [1.54, 1.807) is 29.9 Å². The Bertz CT molecular complexity index is 808. The second-order valence-corrected chi connectivity index (χ2v) is 5.62. The summed E-state index contributed by atoms with van der Waals surface area (Å²) in [5.74, 6) is 0. The number of alkyl halides is 6. The van der Waals surface area contributed by atoms with Crippen LogP contribution in [0.5, 0.6) is 0 Å². The molecule has 0 aliphatic carbocycles. The van der Waals surface area contributed by atoms with E-state index in [0.29, 0.717) is 17.8 Å². The van der Waals surface area contributed by atoms with Crippen LogP contribution in [0.2, 0.25) is 0 Å². The van der Waals surface area contributed by atoms with Gasteiger partial charge in [-0.25, -0.2) is 4.79 Å². The number of nitrogens with one attached hydrogen (secondary N) is 2. The molecule has 0 unspecified atom stereocenters. The summed E-state index contributed by atoms with van der Waals surface area (Å²) in [6.45, 7) is 0. The molecule has 11 heteroatoms. The molecule has 0 radical (unpaired) electrons. The number of amides is 2. The molecule has 140 valence electrons. The predicted octanol–water partition coefficient (Wildman–Crippen LogP) is 4.56. The van der Waals surface area contributed by atoms with Gasteiger partial charge in [0.15, 0.2) is 0 Å². The lowest BCUT2D eigenvalue weighted by Gasteiger charge is -2.15. The van der Waals surface area contributed by atoms with Crippen molar-refractivity contribution < 1.29 is 31.1 Å². The van der Waals surface area contributed by atoms with Gasteiger partial charge in [-0.3, -0.25) is 5.32 Å². The van der Waals surface area contributed by atoms with Crippen LogP contribution in [0.4, 0.5) is 36.8 Å². The Morgan fingerprint density at radius 2 is 1.58 bits per heavy atom. The number of nitrogens with zero attached hydrogens (tertiary/aromatic N) is 1. The Kier molecular flexibility index (Phi) is 5.31. The van der Waals surface area contributed by atoms with Gasteiger partial charge in [0.05, 0.1) is 16.8 Å². The van der Waals surface area contributed by atoms with Crippen LogP contribution >= 0.6 is 12.2 Å². The highest BCUT2D eigenvalue weighted by Crippen LogP contribution is 2.37. The van der Waals surface area contributed by atoms with Crippen molar-refractivity contribution in [3.05, 3.63) is 53.3 Å². The third-order valence-corrected chi connectivity index (χ3v) is 3.56. The molecule has 2 N–H and O–H groups in total. The van der Waals surface area contributed by atoms with Crippen molar-refractivity contribution in [3.8, 4) is 0 Å². The minimum absolute atomic E-state index is 0.0301. The molecule has 0 bridgehead atoms. The maximum atomic E-state index is 12.8. The average molecular weight is 395 g/mol. The molecule has 4 nitrogen and oxygen atoms in total. The fourth-order valence-corrected chi connectivity index (χ4v) is 2.36. The molecule has 2 rings (SSSR count). The predicted molar refractivity (Wildman–Crippen MR) is 85.7 cm³/mol. The smallest absolute Gasteiger partial charge is 0.349 e. The van der Waals surface area contributed by atoms with E-state index < -0.39 is 35.2 Å². The van der Waals surface area contributed by atoms with Gasteiger partial charge < -0.3 is 9.88 Å². The summed E-state index contributed by atoms with van der Waals surface area (Å²) in [6.07, 6.45) is -8.37. The van der Waals surface area contributed by atoms with Crippen LogP contribution in [0.3, 0.4) is 0 Å². The quantitative estimate of drug-likeness (QED) is 0.579. The number of thiocarbonyl (C=S) groups is 1. The molecule has 0 atom stereocenters. The second-order valence-electron chi connectivity index (χ2n) is 5.21. The van der Waals surface area contributed by atoms with Gasteiger partial charge in [0.2, 0.25) is 0 Å². The number of halogens is 6. The Labute approximate surface area is 148 Å². The summed E-state index contributed by atoms with van der Waals surface area (Å²) in [5, 5.41) is 4.12. The maximum Gasteiger partial charge on any atom is 0.416 e. The van der Waals surface area contributed by atoms with Crippen LogP contribution in [-0.4, -0.2) is 15.6 Å². The zero-order valence-corrected chi connectivity index (χ0v) is 13.8. The molecular weight excluding hydrogens is 384 g/mol. The van der Waals surface area contributed by atoms with Gasteiger partial charge in [-0.05, 0) is 30.3 Å². The van der Waals surface area contributed by atoms with E-state index in [1.165, 1.54) is 0 Å². The first-order chi connectivity index (χ1) is 11.9. The lowest BCUT2D eigenvalue weighted by atomic mass is 10.1. The van der Waals surface area contributed by atoms with Crippen molar-refractivity contribution in [1.29, 1.82) is 0 Å². The number of benzene rings is 1. The fourth-order valence-electron chi connectivity index (χ4n) is 2.05. The van der Waals surface area contributed by atoms with Gasteiger partial charge in [0.1, 0.15) is 4.99 Å². The standard InChI is InChI=1S/C15H11F6N3OS/c1-24-4-2-3-11(24)12(26)23-13(25)22-10-6-8(14(16,17)18)5-9(7-10)15(19,20)21/h2-7H,1H3,(H2,22,23,25,26). The van der Waals surface area contributed by atoms with Gasteiger partial charge in [-0.2, -0.15) is 26.3 Å². The zero-order valence-electron chi connectivity index (χ0n) is 13.0. The molecule has 0 fully saturated rings. The number of urea groups is 1. The molecule has 0 saturated heterocycles. The van der Waals surface area contributed by atoms with Crippen molar-refractivity contribution in [2.24, 2.45) is 7.05 Å². The van der Waals surface area contributed by atoms with E-state index in [9.17, 15) is 31.1 Å². The molecule has 0 saturated carbocycles. The highest BCUT2D eigenvalue weighted by molar-refractivity contribution is 7.80. The molecule has 0 spiro atoms. The minimum atomic E-state index is -5.01. The van der Waals surface area contributed by atoms with Crippen molar-refractivity contribution in [3.63, 3.8) is 0 Å². The highest BCUT2D eigenvalue weighted by Gasteiger charge is 2.37. The third kappa shape index (κ3) is 4.75. The second kappa shape index (κ2) is 6.98. The van der Waals surface area contributed by atoms with Crippen LogP contribution in [0, 0.1) is 0 Å². The van der Waals surface area contributed by atoms with E-state index in [-0.39, 0.29) is 11.1 Å². The molecule has 2 amide bonds. The lowest BCUT2D eigenvalue weighted by molar-refractivity contribution is -0.143. The van der Waals surface area contributed by atoms with Gasteiger partial charge in [0.25, 0.3) is 0 Å². The van der Waals surface area contributed by atoms with Crippen molar-refractivity contribution in [1.82, 2.24) is 9.88 Å².